The zero-order valence-electron chi connectivity index (χ0n) is 12.5. The molecular weight excluding hydrogens is 319 g/mol. The molecule has 1 amide bonds. The van der Waals surface area contributed by atoms with Crippen molar-refractivity contribution in [3.8, 4) is 0 Å². The Kier molecular flexibility index (Phi) is 4.24. The summed E-state index contributed by atoms with van der Waals surface area (Å²) in [6.45, 7) is 0.472. The zero-order valence-corrected chi connectivity index (χ0v) is 12.5. The number of nitrogens with one attached hydrogen (secondary N) is 1. The molecule has 0 saturated carbocycles. The Hall–Kier alpha value is -2.83. The van der Waals surface area contributed by atoms with E-state index in [-0.39, 0.29) is 18.1 Å². The molecule has 4 nitrogen and oxygen atoms in total. The van der Waals surface area contributed by atoms with Crippen LogP contribution in [0.25, 0.3) is 10.9 Å². The molecule has 2 heterocycles. The molecule has 1 aromatic carbocycles. The van der Waals surface area contributed by atoms with Crippen LogP contribution >= 0.6 is 0 Å². The van der Waals surface area contributed by atoms with Crippen LogP contribution in [-0.4, -0.2) is 15.5 Å². The second-order valence-corrected chi connectivity index (χ2v) is 5.30. The number of rotatable bonds is 4. The van der Waals surface area contributed by atoms with E-state index in [4.69, 9.17) is 0 Å². The van der Waals surface area contributed by atoms with Crippen LogP contribution in [0.1, 0.15) is 12.0 Å². The number of hydrogen-bond acceptors (Lipinski definition) is 2. The fraction of sp³-hybridized carbons (Fsp3) is 0.176. The van der Waals surface area contributed by atoms with Gasteiger partial charge in [-0.25, -0.2) is 4.98 Å². The summed E-state index contributed by atoms with van der Waals surface area (Å²) in [5, 5.41) is 3.59. The van der Waals surface area contributed by atoms with Gasteiger partial charge in [-0.3, -0.25) is 4.79 Å². The number of alkyl halides is 3. The van der Waals surface area contributed by atoms with E-state index in [1.807, 2.05) is 41.1 Å². The van der Waals surface area contributed by atoms with Crippen LogP contribution in [-0.2, 0) is 17.5 Å². The molecule has 124 valence electrons. The quantitative estimate of drug-likeness (QED) is 0.782. The molecule has 0 fully saturated rings. The molecule has 0 bridgehead atoms. The van der Waals surface area contributed by atoms with Gasteiger partial charge >= 0.3 is 6.18 Å². The lowest BCUT2D eigenvalue weighted by Gasteiger charge is -2.08. The van der Waals surface area contributed by atoms with Gasteiger partial charge in [-0.05, 0) is 29.7 Å². The highest BCUT2D eigenvalue weighted by molar-refractivity contribution is 5.89. The average Bonchev–Trinajstić information content (AvgIpc) is 2.96. The minimum atomic E-state index is -4.44. The Labute approximate surface area is 135 Å². The maximum Gasteiger partial charge on any atom is 0.417 e. The summed E-state index contributed by atoms with van der Waals surface area (Å²) in [5.74, 6) is -0.203. The first-order valence-electron chi connectivity index (χ1n) is 7.30. The van der Waals surface area contributed by atoms with Crippen molar-refractivity contribution in [2.45, 2.75) is 19.1 Å². The molecule has 0 spiro atoms. The summed E-state index contributed by atoms with van der Waals surface area (Å²) < 4.78 is 39.3. The molecule has 1 N–H and O–H groups in total. The number of aryl methyl sites for hydroxylation is 1. The normalized spacial score (nSPS) is 11.6. The van der Waals surface area contributed by atoms with Crippen molar-refractivity contribution in [3.63, 3.8) is 0 Å². The number of aromatic nitrogens is 2. The van der Waals surface area contributed by atoms with Crippen LogP contribution in [0.3, 0.4) is 0 Å². The van der Waals surface area contributed by atoms with Gasteiger partial charge in [-0.1, -0.05) is 18.2 Å². The van der Waals surface area contributed by atoms with E-state index in [0.717, 1.165) is 23.0 Å². The van der Waals surface area contributed by atoms with Gasteiger partial charge in [-0.15, -0.1) is 0 Å². The zero-order chi connectivity index (χ0) is 17.2. The molecule has 0 radical (unpaired) electrons. The second kappa shape index (κ2) is 6.35. The Bertz CT molecular complexity index is 853. The van der Waals surface area contributed by atoms with E-state index in [1.54, 1.807) is 0 Å². The minimum Gasteiger partial charge on any atom is -0.347 e. The third kappa shape index (κ3) is 3.56. The largest absolute Gasteiger partial charge is 0.417 e. The van der Waals surface area contributed by atoms with Crippen LogP contribution in [0.5, 0.6) is 0 Å². The van der Waals surface area contributed by atoms with Gasteiger partial charge in [0.1, 0.15) is 5.82 Å². The fourth-order valence-corrected chi connectivity index (χ4v) is 2.40. The van der Waals surface area contributed by atoms with Crippen LogP contribution in [0.4, 0.5) is 19.0 Å². The average molecular weight is 333 g/mol. The third-order valence-corrected chi connectivity index (χ3v) is 3.62. The molecule has 3 aromatic rings. The van der Waals surface area contributed by atoms with Gasteiger partial charge in [0.15, 0.2) is 0 Å². The summed E-state index contributed by atoms with van der Waals surface area (Å²) in [6, 6.07) is 11.8. The van der Waals surface area contributed by atoms with Crippen molar-refractivity contribution in [3.05, 3.63) is 60.4 Å². The number of para-hydroxylation sites is 1. The number of fused-ring (bicyclic) bond motifs is 1. The minimum absolute atomic E-state index is 0.102. The van der Waals surface area contributed by atoms with Gasteiger partial charge in [-0.2, -0.15) is 13.2 Å². The van der Waals surface area contributed by atoms with E-state index < -0.39 is 11.7 Å². The standard InChI is InChI=1S/C17H14F3N3O/c18-17(19,20)13-5-6-15(21-11-13)22-16(24)8-10-23-9-7-12-3-1-2-4-14(12)23/h1-7,9,11H,8,10H2,(H,21,22,24). The van der Waals surface area contributed by atoms with Gasteiger partial charge in [0.2, 0.25) is 5.91 Å². The summed E-state index contributed by atoms with van der Waals surface area (Å²) in [7, 11) is 0. The maximum absolute atomic E-state index is 12.5. The van der Waals surface area contributed by atoms with E-state index in [0.29, 0.717) is 12.7 Å². The summed E-state index contributed by atoms with van der Waals surface area (Å²) in [4.78, 5) is 15.6. The van der Waals surface area contributed by atoms with Crippen molar-refractivity contribution < 1.29 is 18.0 Å². The lowest BCUT2D eigenvalue weighted by molar-refractivity contribution is -0.137. The lowest BCUT2D eigenvalue weighted by Crippen LogP contribution is -2.15. The van der Waals surface area contributed by atoms with E-state index in [9.17, 15) is 18.0 Å². The van der Waals surface area contributed by atoms with Crippen LogP contribution in [0, 0.1) is 0 Å². The Balaban J connectivity index is 1.60. The van der Waals surface area contributed by atoms with Crippen molar-refractivity contribution >= 4 is 22.6 Å². The van der Waals surface area contributed by atoms with E-state index in [2.05, 4.69) is 10.3 Å². The molecule has 0 aliphatic carbocycles. The number of benzene rings is 1. The lowest BCUT2D eigenvalue weighted by atomic mass is 10.2. The van der Waals surface area contributed by atoms with Crippen molar-refractivity contribution in [1.29, 1.82) is 0 Å². The molecule has 0 aliphatic rings. The number of pyridine rings is 1. The van der Waals surface area contributed by atoms with Gasteiger partial charge in [0, 0.05) is 30.9 Å². The maximum atomic E-state index is 12.5. The first-order valence-corrected chi connectivity index (χ1v) is 7.30. The first-order chi connectivity index (χ1) is 11.4. The number of carbonyl (C=O) groups excluding carboxylic acids is 1. The summed E-state index contributed by atoms with van der Waals surface area (Å²) in [6.07, 6.45) is -1.64. The highest BCUT2D eigenvalue weighted by Gasteiger charge is 2.30. The molecule has 24 heavy (non-hydrogen) atoms. The predicted octanol–water partition coefficient (Wildman–Crippen LogP) is 4.08. The summed E-state index contributed by atoms with van der Waals surface area (Å²) >= 11 is 0. The smallest absolute Gasteiger partial charge is 0.347 e. The van der Waals surface area contributed by atoms with E-state index >= 15 is 0 Å². The second-order valence-electron chi connectivity index (χ2n) is 5.30. The van der Waals surface area contributed by atoms with Crippen molar-refractivity contribution in [2.24, 2.45) is 0 Å². The van der Waals surface area contributed by atoms with Gasteiger partial charge in [0.25, 0.3) is 0 Å². The molecule has 0 atom stereocenters. The van der Waals surface area contributed by atoms with Gasteiger partial charge in [0.05, 0.1) is 5.56 Å². The molecule has 3 rings (SSSR count). The highest BCUT2D eigenvalue weighted by Crippen LogP contribution is 2.28. The molecule has 0 saturated heterocycles. The van der Waals surface area contributed by atoms with Crippen molar-refractivity contribution in [2.75, 3.05) is 5.32 Å². The number of nitrogens with zero attached hydrogens (tertiary/aromatic N) is 2. The molecule has 0 aliphatic heterocycles. The fourth-order valence-electron chi connectivity index (χ4n) is 2.40. The van der Waals surface area contributed by atoms with Gasteiger partial charge < -0.3 is 9.88 Å². The number of amides is 1. The topological polar surface area (TPSA) is 46.9 Å². The molecule has 0 unspecified atom stereocenters. The van der Waals surface area contributed by atoms with Crippen molar-refractivity contribution in [1.82, 2.24) is 9.55 Å². The molecule has 2 aromatic heterocycles. The molecule has 7 heteroatoms. The predicted molar refractivity (Wildman–Crippen MR) is 84.4 cm³/mol. The number of halogens is 3. The molecular formula is C17H14F3N3O. The summed E-state index contributed by atoms with van der Waals surface area (Å²) in [5.41, 5.74) is 0.178. The highest BCUT2D eigenvalue weighted by atomic mass is 19.4. The Morgan fingerprint density at radius 3 is 2.62 bits per heavy atom. The Morgan fingerprint density at radius 1 is 1.12 bits per heavy atom. The Morgan fingerprint density at radius 2 is 1.92 bits per heavy atom. The van der Waals surface area contributed by atoms with E-state index in [1.165, 1.54) is 0 Å². The van der Waals surface area contributed by atoms with Crippen LogP contribution in [0.2, 0.25) is 0 Å². The van der Waals surface area contributed by atoms with Crippen LogP contribution in [0.15, 0.2) is 54.9 Å². The monoisotopic (exact) mass is 333 g/mol. The van der Waals surface area contributed by atoms with Crippen LogP contribution < -0.4 is 5.32 Å². The SMILES string of the molecule is O=C(CCn1ccc2ccccc21)Nc1ccc(C(F)(F)F)cn1. The number of carbonyl (C=O) groups is 1. The number of hydrogen-bond donors (Lipinski definition) is 1. The first kappa shape index (κ1) is 16.0. The number of anilines is 1. The third-order valence-electron chi connectivity index (χ3n) is 3.62.